The van der Waals surface area contributed by atoms with Gasteiger partial charge in [-0.25, -0.2) is 8.42 Å². The van der Waals surface area contributed by atoms with Crippen LogP contribution < -0.4 is 10.1 Å². The van der Waals surface area contributed by atoms with Crippen molar-refractivity contribution in [2.24, 2.45) is 11.8 Å². The molecule has 0 spiro atoms. The highest BCUT2D eigenvalue weighted by Gasteiger charge is 2.31. The van der Waals surface area contributed by atoms with Crippen LogP contribution in [0.15, 0.2) is 51.8 Å². The van der Waals surface area contributed by atoms with Gasteiger partial charge in [-0.05, 0) is 73.2 Å². The van der Waals surface area contributed by atoms with E-state index in [-0.39, 0.29) is 22.4 Å². The first-order valence-corrected chi connectivity index (χ1v) is 12.5. The molecule has 1 fully saturated rings. The molecule has 9 nitrogen and oxygen atoms in total. The Morgan fingerprint density at radius 1 is 1.09 bits per heavy atom. The van der Waals surface area contributed by atoms with Crippen molar-refractivity contribution in [2.75, 3.05) is 25.5 Å². The Bertz CT molecular complexity index is 1280. The number of amides is 1. The third kappa shape index (κ3) is 5.13. The van der Waals surface area contributed by atoms with Crippen molar-refractivity contribution in [1.29, 1.82) is 0 Å². The maximum absolute atomic E-state index is 13.0. The molecular formula is C24H28N4O5S. The zero-order valence-corrected chi connectivity index (χ0v) is 20.4. The van der Waals surface area contributed by atoms with E-state index in [0.717, 1.165) is 12.0 Å². The quantitative estimate of drug-likeness (QED) is 0.563. The minimum Gasteiger partial charge on any atom is -0.497 e. The summed E-state index contributed by atoms with van der Waals surface area (Å²) < 4.78 is 38.5. The first-order chi connectivity index (χ1) is 16.2. The molecule has 0 radical (unpaired) electrons. The zero-order chi connectivity index (χ0) is 24.5. The highest BCUT2D eigenvalue weighted by atomic mass is 32.2. The van der Waals surface area contributed by atoms with Gasteiger partial charge in [-0.1, -0.05) is 18.9 Å². The number of piperidine rings is 1. The molecule has 0 aliphatic carbocycles. The molecule has 1 saturated heterocycles. The second kappa shape index (κ2) is 9.55. The Kier molecular flexibility index (Phi) is 6.72. The van der Waals surface area contributed by atoms with E-state index in [4.69, 9.17) is 9.15 Å². The fraction of sp³-hybridized carbons (Fsp3) is 0.375. The van der Waals surface area contributed by atoms with Crippen molar-refractivity contribution in [1.82, 2.24) is 14.5 Å². The van der Waals surface area contributed by atoms with Gasteiger partial charge >= 0.3 is 6.01 Å². The van der Waals surface area contributed by atoms with Crippen LogP contribution in [0.5, 0.6) is 5.75 Å². The van der Waals surface area contributed by atoms with Crippen molar-refractivity contribution in [3.05, 3.63) is 53.6 Å². The molecule has 1 aliphatic rings. The van der Waals surface area contributed by atoms with Crippen molar-refractivity contribution >= 4 is 21.9 Å². The first kappa shape index (κ1) is 23.9. The number of nitrogens with zero attached hydrogens (tertiary/aromatic N) is 3. The lowest BCUT2D eigenvalue weighted by molar-refractivity contribution is 0.102. The summed E-state index contributed by atoms with van der Waals surface area (Å²) in [7, 11) is -2.04. The SMILES string of the molecule is COc1cc(C)cc(-c2nnc(NC(=O)c3ccc(S(=O)(=O)N4C[C@H](C)C[C@H](C)C4)cc3)o2)c1. The summed E-state index contributed by atoms with van der Waals surface area (Å²) in [4.78, 5) is 12.8. The maximum atomic E-state index is 13.0. The lowest BCUT2D eigenvalue weighted by Gasteiger charge is -2.34. The second-order valence-electron chi connectivity index (χ2n) is 8.90. The van der Waals surface area contributed by atoms with Crippen LogP contribution >= 0.6 is 0 Å². The van der Waals surface area contributed by atoms with E-state index >= 15 is 0 Å². The predicted molar refractivity (Wildman–Crippen MR) is 127 cm³/mol. The molecule has 34 heavy (non-hydrogen) atoms. The molecule has 1 aromatic heterocycles. The summed E-state index contributed by atoms with van der Waals surface area (Å²) in [5.74, 6) is 1.03. The summed E-state index contributed by atoms with van der Waals surface area (Å²) >= 11 is 0. The second-order valence-corrected chi connectivity index (χ2v) is 10.8. The van der Waals surface area contributed by atoms with Crippen LogP contribution in [0.1, 0.15) is 36.2 Å². The number of benzene rings is 2. The molecule has 3 aromatic rings. The first-order valence-electron chi connectivity index (χ1n) is 11.1. The van der Waals surface area contributed by atoms with Crippen molar-refractivity contribution < 1.29 is 22.4 Å². The van der Waals surface area contributed by atoms with E-state index < -0.39 is 15.9 Å². The van der Waals surface area contributed by atoms with Gasteiger partial charge in [0.05, 0.1) is 12.0 Å². The third-order valence-corrected chi connectivity index (χ3v) is 7.61. The van der Waals surface area contributed by atoms with Crippen LogP contribution in [0.25, 0.3) is 11.5 Å². The molecule has 10 heteroatoms. The van der Waals surface area contributed by atoms with Gasteiger partial charge in [0, 0.05) is 24.2 Å². The summed E-state index contributed by atoms with van der Waals surface area (Å²) in [6, 6.07) is 11.3. The molecule has 2 aromatic carbocycles. The van der Waals surface area contributed by atoms with Gasteiger partial charge in [-0.3, -0.25) is 10.1 Å². The molecule has 2 heterocycles. The van der Waals surface area contributed by atoms with Crippen LogP contribution in [-0.4, -0.2) is 49.0 Å². The predicted octanol–water partition coefficient (Wildman–Crippen LogP) is 3.97. The van der Waals surface area contributed by atoms with Gasteiger partial charge < -0.3 is 9.15 Å². The number of carbonyl (C=O) groups is 1. The Balaban J connectivity index is 1.46. The summed E-state index contributed by atoms with van der Waals surface area (Å²) in [5.41, 5.74) is 1.90. The molecular weight excluding hydrogens is 456 g/mol. The van der Waals surface area contributed by atoms with Crippen LogP contribution in [0.3, 0.4) is 0 Å². The van der Waals surface area contributed by atoms with E-state index in [1.54, 1.807) is 13.2 Å². The molecule has 2 atom stereocenters. The number of methoxy groups -OCH3 is 1. The smallest absolute Gasteiger partial charge is 0.322 e. The highest BCUT2D eigenvalue weighted by Crippen LogP contribution is 2.28. The molecule has 1 amide bonds. The van der Waals surface area contributed by atoms with Crippen LogP contribution in [0, 0.1) is 18.8 Å². The number of ether oxygens (including phenoxy) is 1. The van der Waals surface area contributed by atoms with Gasteiger partial charge in [0.1, 0.15) is 5.75 Å². The summed E-state index contributed by atoms with van der Waals surface area (Å²) in [5, 5.41) is 10.4. The van der Waals surface area contributed by atoms with E-state index in [1.807, 2.05) is 19.1 Å². The Hall–Kier alpha value is -3.24. The minimum absolute atomic E-state index is 0.0616. The van der Waals surface area contributed by atoms with E-state index in [2.05, 4.69) is 29.4 Å². The van der Waals surface area contributed by atoms with Crippen LogP contribution in [-0.2, 0) is 10.0 Å². The zero-order valence-electron chi connectivity index (χ0n) is 19.6. The third-order valence-electron chi connectivity index (χ3n) is 5.77. The largest absolute Gasteiger partial charge is 0.497 e. The van der Waals surface area contributed by atoms with Crippen molar-refractivity contribution in [2.45, 2.75) is 32.1 Å². The minimum atomic E-state index is -3.62. The fourth-order valence-corrected chi connectivity index (χ4v) is 5.96. The Morgan fingerprint density at radius 3 is 2.41 bits per heavy atom. The van der Waals surface area contributed by atoms with Crippen LogP contribution in [0.2, 0.25) is 0 Å². The van der Waals surface area contributed by atoms with E-state index in [0.29, 0.717) is 36.2 Å². The molecule has 180 valence electrons. The molecule has 1 aliphatic heterocycles. The van der Waals surface area contributed by atoms with Gasteiger partial charge in [-0.15, -0.1) is 5.10 Å². The molecule has 0 bridgehead atoms. The normalized spacial score (nSPS) is 19.1. The maximum Gasteiger partial charge on any atom is 0.322 e. The number of carbonyl (C=O) groups excluding carboxylic acids is 1. The lowest BCUT2D eigenvalue weighted by Crippen LogP contribution is -2.42. The van der Waals surface area contributed by atoms with Gasteiger partial charge in [-0.2, -0.15) is 4.31 Å². The van der Waals surface area contributed by atoms with Crippen molar-refractivity contribution in [3.63, 3.8) is 0 Å². The number of nitrogens with one attached hydrogen (secondary N) is 1. The summed E-state index contributed by atoms with van der Waals surface area (Å²) in [6.45, 7) is 7.04. The highest BCUT2D eigenvalue weighted by molar-refractivity contribution is 7.89. The van der Waals surface area contributed by atoms with Gasteiger partial charge in [0.2, 0.25) is 15.9 Å². The fourth-order valence-electron chi connectivity index (χ4n) is 4.28. The number of hydrogen-bond donors (Lipinski definition) is 1. The van der Waals surface area contributed by atoms with Gasteiger partial charge in [0.25, 0.3) is 5.91 Å². The lowest BCUT2D eigenvalue weighted by atomic mass is 9.94. The molecule has 4 rings (SSSR count). The molecule has 0 saturated carbocycles. The average molecular weight is 485 g/mol. The number of aromatic nitrogens is 2. The number of anilines is 1. The monoisotopic (exact) mass is 484 g/mol. The Morgan fingerprint density at radius 2 is 1.76 bits per heavy atom. The van der Waals surface area contributed by atoms with Gasteiger partial charge in [0.15, 0.2) is 0 Å². The van der Waals surface area contributed by atoms with E-state index in [9.17, 15) is 13.2 Å². The molecule has 1 N–H and O–H groups in total. The molecule has 0 unspecified atom stereocenters. The number of aryl methyl sites for hydroxylation is 1. The standard InChI is InChI=1S/C24H28N4O5S/c1-15-10-19(12-20(11-15)32-4)23-26-27-24(33-23)25-22(29)18-5-7-21(8-6-18)34(30,31)28-13-16(2)9-17(3)14-28/h5-8,10-12,16-17H,9,13-14H2,1-4H3,(H,25,27,29)/t16-,17+. The topological polar surface area (TPSA) is 115 Å². The number of hydrogen-bond acceptors (Lipinski definition) is 7. The van der Waals surface area contributed by atoms with Crippen molar-refractivity contribution in [3.8, 4) is 17.2 Å². The Labute approximate surface area is 199 Å². The van der Waals surface area contributed by atoms with Crippen LogP contribution in [0.4, 0.5) is 6.01 Å². The average Bonchev–Trinajstić information content (AvgIpc) is 3.26. The number of sulfonamides is 1. The number of rotatable bonds is 6. The summed E-state index contributed by atoms with van der Waals surface area (Å²) in [6.07, 6.45) is 1.01. The van der Waals surface area contributed by atoms with E-state index in [1.165, 1.54) is 28.6 Å².